The molecule has 9 nitrogen and oxygen atoms in total. The summed E-state index contributed by atoms with van der Waals surface area (Å²) in [5.41, 5.74) is 1.57. The Balaban J connectivity index is 1.60. The van der Waals surface area contributed by atoms with Gasteiger partial charge >= 0.3 is 0 Å². The zero-order chi connectivity index (χ0) is 19.0. The van der Waals surface area contributed by atoms with Gasteiger partial charge in [-0.15, -0.1) is 0 Å². The number of anilines is 1. The fourth-order valence-corrected chi connectivity index (χ4v) is 3.11. The molecule has 10 heteroatoms. The van der Waals surface area contributed by atoms with Gasteiger partial charge in [0, 0.05) is 6.54 Å². The normalized spacial score (nSPS) is 25.2. The number of aromatic nitrogens is 4. The fourth-order valence-electron chi connectivity index (χ4n) is 3.11. The minimum absolute atomic E-state index is 0.323. The third-order valence-electron chi connectivity index (χ3n) is 4.50. The fraction of sp³-hybridized carbons (Fsp3) is 0.353. The van der Waals surface area contributed by atoms with Crippen molar-refractivity contribution in [3.05, 3.63) is 48.3 Å². The second-order valence-corrected chi connectivity index (χ2v) is 6.26. The van der Waals surface area contributed by atoms with Crippen LogP contribution in [0.5, 0.6) is 0 Å². The molecule has 3 heterocycles. The summed E-state index contributed by atoms with van der Waals surface area (Å²) < 4.78 is 20.3. The molecule has 1 fully saturated rings. The number of halogens is 1. The van der Waals surface area contributed by atoms with Crippen molar-refractivity contribution in [2.45, 2.75) is 31.1 Å². The number of aliphatic hydroxyl groups excluding tert-OH is 3. The number of rotatable bonds is 5. The van der Waals surface area contributed by atoms with E-state index in [0.717, 1.165) is 5.56 Å². The molecular formula is C17H18FN5O4. The minimum Gasteiger partial charge on any atom is -0.394 e. The molecule has 1 aliphatic heterocycles. The predicted octanol–water partition coefficient (Wildman–Crippen LogP) is 0.189. The Morgan fingerprint density at radius 1 is 1.19 bits per heavy atom. The van der Waals surface area contributed by atoms with Crippen LogP contribution in [0.1, 0.15) is 11.8 Å². The molecule has 3 aromatic rings. The van der Waals surface area contributed by atoms with Gasteiger partial charge in [-0.1, -0.05) is 12.1 Å². The van der Waals surface area contributed by atoms with E-state index < -0.39 is 31.1 Å². The van der Waals surface area contributed by atoms with Crippen LogP contribution in [0.15, 0.2) is 36.9 Å². The van der Waals surface area contributed by atoms with Crippen molar-refractivity contribution in [1.82, 2.24) is 19.5 Å². The van der Waals surface area contributed by atoms with Crippen molar-refractivity contribution in [2.24, 2.45) is 0 Å². The van der Waals surface area contributed by atoms with E-state index in [1.54, 1.807) is 12.1 Å². The number of benzene rings is 1. The van der Waals surface area contributed by atoms with E-state index in [1.165, 1.54) is 29.4 Å². The monoisotopic (exact) mass is 375 g/mol. The topological polar surface area (TPSA) is 126 Å². The molecule has 0 radical (unpaired) electrons. The van der Waals surface area contributed by atoms with Gasteiger partial charge in [0.05, 0.1) is 12.9 Å². The van der Waals surface area contributed by atoms with Crippen LogP contribution in [0.2, 0.25) is 0 Å². The number of fused-ring (bicyclic) bond motifs is 1. The van der Waals surface area contributed by atoms with Gasteiger partial charge in [0.25, 0.3) is 0 Å². The summed E-state index contributed by atoms with van der Waals surface area (Å²) in [6.45, 7) is -0.0820. The van der Waals surface area contributed by atoms with Gasteiger partial charge in [-0.3, -0.25) is 4.57 Å². The van der Waals surface area contributed by atoms with Crippen LogP contribution >= 0.6 is 0 Å². The highest BCUT2D eigenvalue weighted by Gasteiger charge is 2.44. The van der Waals surface area contributed by atoms with Crippen molar-refractivity contribution in [1.29, 1.82) is 0 Å². The maximum atomic E-state index is 13.3. The van der Waals surface area contributed by atoms with Gasteiger partial charge in [-0.2, -0.15) is 0 Å². The molecule has 1 saturated heterocycles. The molecule has 0 bridgehead atoms. The predicted molar refractivity (Wildman–Crippen MR) is 92.1 cm³/mol. The number of nitrogens with zero attached hydrogens (tertiary/aromatic N) is 4. The van der Waals surface area contributed by atoms with E-state index in [4.69, 9.17) is 4.74 Å². The molecule has 27 heavy (non-hydrogen) atoms. The van der Waals surface area contributed by atoms with Crippen molar-refractivity contribution in [3.8, 4) is 0 Å². The first kappa shape index (κ1) is 17.7. The second-order valence-electron chi connectivity index (χ2n) is 6.26. The Bertz CT molecular complexity index is 952. The summed E-state index contributed by atoms with van der Waals surface area (Å²) in [5.74, 6) is 0.116. The van der Waals surface area contributed by atoms with E-state index >= 15 is 0 Å². The third kappa shape index (κ3) is 3.23. The molecule has 142 valence electrons. The highest BCUT2D eigenvalue weighted by Crippen LogP contribution is 2.32. The number of aliphatic hydroxyl groups is 3. The standard InChI is InChI=1S/C17H18FN5O4/c18-10-3-1-2-9(4-10)5-19-15-12-16(21-7-20-15)23(8-22-12)17-14(26)13(25)11(6-24)27-17/h1-4,7-8,11,13-14,17,24-26H,5-6H2,(H,19,20,21)/t11-,13-,14+,17?/m1/s1. The number of ether oxygens (including phenoxy) is 1. The van der Waals surface area contributed by atoms with Gasteiger partial charge in [-0.05, 0) is 17.7 Å². The maximum absolute atomic E-state index is 13.3. The van der Waals surface area contributed by atoms with Gasteiger partial charge in [-0.25, -0.2) is 19.3 Å². The highest BCUT2D eigenvalue weighted by atomic mass is 19.1. The maximum Gasteiger partial charge on any atom is 0.167 e. The second kappa shape index (κ2) is 7.16. The molecule has 0 aliphatic carbocycles. The molecule has 1 unspecified atom stereocenters. The SMILES string of the molecule is OC[C@H]1OC(n2cnc3c(NCc4cccc(F)c4)ncnc32)[C@@H](O)[C@@H]1O. The van der Waals surface area contributed by atoms with Gasteiger partial charge in [0.2, 0.25) is 0 Å². The molecule has 4 N–H and O–H groups in total. The van der Waals surface area contributed by atoms with Gasteiger partial charge in [0.1, 0.15) is 30.5 Å². The molecule has 1 aromatic carbocycles. The smallest absolute Gasteiger partial charge is 0.167 e. The lowest BCUT2D eigenvalue weighted by atomic mass is 10.1. The Morgan fingerprint density at radius 2 is 2.04 bits per heavy atom. The summed E-state index contributed by atoms with van der Waals surface area (Å²) in [6, 6.07) is 6.20. The molecule has 0 spiro atoms. The van der Waals surface area contributed by atoms with Crippen LogP contribution in [0.3, 0.4) is 0 Å². The molecule has 4 atom stereocenters. The summed E-state index contributed by atoms with van der Waals surface area (Å²) in [5, 5.41) is 32.5. The quantitative estimate of drug-likeness (QED) is 0.498. The van der Waals surface area contributed by atoms with Crippen molar-refractivity contribution in [3.63, 3.8) is 0 Å². The summed E-state index contributed by atoms with van der Waals surface area (Å²) >= 11 is 0. The lowest BCUT2D eigenvalue weighted by Gasteiger charge is -2.16. The van der Waals surface area contributed by atoms with Gasteiger partial charge in [0.15, 0.2) is 23.2 Å². The van der Waals surface area contributed by atoms with E-state index in [9.17, 15) is 19.7 Å². The zero-order valence-electron chi connectivity index (χ0n) is 14.1. The van der Waals surface area contributed by atoms with Gasteiger partial charge < -0.3 is 25.4 Å². The molecule has 0 amide bonds. The third-order valence-corrected chi connectivity index (χ3v) is 4.50. The Labute approximate surface area is 153 Å². The van der Waals surface area contributed by atoms with Crippen molar-refractivity contribution >= 4 is 17.0 Å². The Hall–Kier alpha value is -2.66. The number of hydrogen-bond acceptors (Lipinski definition) is 8. The number of nitrogens with one attached hydrogen (secondary N) is 1. The summed E-state index contributed by atoms with van der Waals surface area (Å²) in [4.78, 5) is 12.6. The van der Waals surface area contributed by atoms with Crippen molar-refractivity contribution in [2.75, 3.05) is 11.9 Å². The van der Waals surface area contributed by atoms with Crippen LogP contribution in [-0.4, -0.2) is 59.8 Å². The first-order valence-electron chi connectivity index (χ1n) is 8.37. The van der Waals surface area contributed by atoms with Crippen LogP contribution in [0.25, 0.3) is 11.2 Å². The van der Waals surface area contributed by atoms with E-state index in [-0.39, 0.29) is 5.82 Å². The number of imidazole rings is 1. The highest BCUT2D eigenvalue weighted by molar-refractivity contribution is 5.82. The number of hydrogen-bond donors (Lipinski definition) is 4. The van der Waals surface area contributed by atoms with Crippen LogP contribution in [-0.2, 0) is 11.3 Å². The molecule has 0 saturated carbocycles. The van der Waals surface area contributed by atoms with Crippen molar-refractivity contribution < 1.29 is 24.4 Å². The first-order valence-corrected chi connectivity index (χ1v) is 8.37. The Morgan fingerprint density at radius 3 is 2.78 bits per heavy atom. The van der Waals surface area contributed by atoms with Crippen LogP contribution in [0, 0.1) is 5.82 Å². The van der Waals surface area contributed by atoms with Crippen LogP contribution < -0.4 is 5.32 Å². The van der Waals surface area contributed by atoms with E-state index in [1.807, 2.05) is 0 Å². The average molecular weight is 375 g/mol. The zero-order valence-corrected chi connectivity index (χ0v) is 14.1. The van der Waals surface area contributed by atoms with Crippen LogP contribution in [0.4, 0.5) is 10.2 Å². The summed E-state index contributed by atoms with van der Waals surface area (Å²) in [6.07, 6.45) is -1.53. The lowest BCUT2D eigenvalue weighted by molar-refractivity contribution is -0.0511. The largest absolute Gasteiger partial charge is 0.394 e. The lowest BCUT2D eigenvalue weighted by Crippen LogP contribution is -2.33. The minimum atomic E-state index is -1.24. The molecule has 4 rings (SSSR count). The molecular weight excluding hydrogens is 357 g/mol. The first-order chi connectivity index (χ1) is 13.1. The summed E-state index contributed by atoms with van der Waals surface area (Å²) in [7, 11) is 0. The average Bonchev–Trinajstić information content (AvgIpc) is 3.22. The van der Waals surface area contributed by atoms with E-state index in [2.05, 4.69) is 20.3 Å². The molecule has 2 aromatic heterocycles. The van der Waals surface area contributed by atoms with E-state index in [0.29, 0.717) is 23.5 Å². The molecule has 1 aliphatic rings. The Kier molecular flexibility index (Phi) is 4.70.